The lowest BCUT2D eigenvalue weighted by Gasteiger charge is -2.25. The van der Waals surface area contributed by atoms with E-state index in [1.165, 1.54) is 11.2 Å². The van der Waals surface area contributed by atoms with Crippen LogP contribution >= 0.6 is 0 Å². The molecule has 176 valence electrons. The van der Waals surface area contributed by atoms with Crippen LogP contribution in [-0.4, -0.2) is 28.3 Å². The number of aryl methyl sites for hydroxylation is 1. The number of aliphatic hydroxyl groups is 1. The van der Waals surface area contributed by atoms with Crippen LogP contribution in [0.25, 0.3) is 5.76 Å². The highest BCUT2D eigenvalue weighted by atomic mass is 16.5. The van der Waals surface area contributed by atoms with Gasteiger partial charge < -0.3 is 19.2 Å². The van der Waals surface area contributed by atoms with Crippen molar-refractivity contribution >= 4 is 17.4 Å². The Morgan fingerprint density at radius 1 is 1.09 bits per heavy atom. The summed E-state index contributed by atoms with van der Waals surface area (Å²) >= 11 is 0. The van der Waals surface area contributed by atoms with Crippen molar-refractivity contribution in [3.8, 4) is 5.75 Å². The summed E-state index contributed by atoms with van der Waals surface area (Å²) in [5, 5.41) is 11.2. The van der Waals surface area contributed by atoms with E-state index in [0.717, 1.165) is 12.0 Å². The Morgan fingerprint density at radius 3 is 2.53 bits per heavy atom. The summed E-state index contributed by atoms with van der Waals surface area (Å²) in [6, 6.07) is 17.2. The average molecular weight is 460 g/mol. The number of rotatable bonds is 8. The van der Waals surface area contributed by atoms with E-state index in [4.69, 9.17) is 9.15 Å². The first kappa shape index (κ1) is 23.4. The highest BCUT2D eigenvalue weighted by molar-refractivity contribution is 6.46. The van der Waals surface area contributed by atoms with E-state index in [2.05, 4.69) is 13.8 Å². The average Bonchev–Trinajstić information content (AvgIpc) is 3.41. The topological polar surface area (TPSA) is 80.0 Å². The quantitative estimate of drug-likeness (QED) is 0.268. The van der Waals surface area contributed by atoms with Crippen molar-refractivity contribution in [1.82, 2.24) is 4.90 Å². The van der Waals surface area contributed by atoms with Crippen molar-refractivity contribution in [1.29, 1.82) is 0 Å². The van der Waals surface area contributed by atoms with Crippen molar-refractivity contribution in [2.24, 2.45) is 5.92 Å². The van der Waals surface area contributed by atoms with Gasteiger partial charge in [-0.3, -0.25) is 9.59 Å². The van der Waals surface area contributed by atoms with Gasteiger partial charge in [-0.05, 0) is 49.1 Å². The minimum atomic E-state index is -0.778. The Balaban J connectivity index is 1.77. The molecule has 1 unspecified atom stereocenters. The van der Waals surface area contributed by atoms with Gasteiger partial charge in [-0.1, -0.05) is 55.8 Å². The molecule has 34 heavy (non-hydrogen) atoms. The number of ketones is 1. The normalized spacial score (nSPS) is 17.5. The molecule has 1 aromatic heterocycles. The van der Waals surface area contributed by atoms with Gasteiger partial charge in [0.05, 0.1) is 31.0 Å². The summed E-state index contributed by atoms with van der Waals surface area (Å²) < 4.78 is 11.4. The second kappa shape index (κ2) is 10.00. The third-order valence-electron chi connectivity index (χ3n) is 5.91. The van der Waals surface area contributed by atoms with Crippen molar-refractivity contribution in [2.45, 2.75) is 39.8 Å². The van der Waals surface area contributed by atoms with Crippen LogP contribution < -0.4 is 4.74 Å². The largest absolute Gasteiger partial charge is 0.507 e. The lowest BCUT2D eigenvalue weighted by Crippen LogP contribution is -2.29. The number of hydrogen-bond acceptors (Lipinski definition) is 5. The van der Waals surface area contributed by atoms with Gasteiger partial charge in [0.2, 0.25) is 0 Å². The fourth-order valence-corrected chi connectivity index (χ4v) is 4.01. The Hall–Kier alpha value is -3.80. The molecule has 3 aromatic rings. The van der Waals surface area contributed by atoms with E-state index in [-0.39, 0.29) is 17.9 Å². The Kier molecular flexibility index (Phi) is 6.87. The predicted molar refractivity (Wildman–Crippen MR) is 129 cm³/mol. The van der Waals surface area contributed by atoms with Gasteiger partial charge in [0.1, 0.15) is 17.3 Å². The number of likely N-dealkylation sites (tertiary alicyclic amines) is 1. The number of benzene rings is 2. The van der Waals surface area contributed by atoms with Crippen LogP contribution in [0.1, 0.15) is 48.8 Å². The third-order valence-corrected chi connectivity index (χ3v) is 5.91. The highest BCUT2D eigenvalue weighted by Crippen LogP contribution is 2.41. The second-order valence-electron chi connectivity index (χ2n) is 8.98. The first-order valence-corrected chi connectivity index (χ1v) is 11.5. The summed E-state index contributed by atoms with van der Waals surface area (Å²) in [4.78, 5) is 27.7. The summed E-state index contributed by atoms with van der Waals surface area (Å²) in [6.45, 7) is 6.87. The Labute approximate surface area is 199 Å². The SMILES string of the molecule is Cc1ccc(/C(O)=C2\C(=O)C(=O)N(Cc3ccco3)C2c2cccc(OCCC(C)C)c2)cc1. The van der Waals surface area contributed by atoms with Crippen molar-refractivity contribution < 1.29 is 23.8 Å². The molecule has 1 fully saturated rings. The van der Waals surface area contributed by atoms with Crippen LogP contribution in [0.15, 0.2) is 76.9 Å². The molecule has 0 radical (unpaired) electrons. The molecule has 0 saturated carbocycles. The Bertz CT molecular complexity index is 1190. The van der Waals surface area contributed by atoms with Gasteiger partial charge in [-0.25, -0.2) is 0 Å². The maximum absolute atomic E-state index is 13.2. The minimum Gasteiger partial charge on any atom is -0.507 e. The fourth-order valence-electron chi connectivity index (χ4n) is 4.01. The Morgan fingerprint density at radius 2 is 1.85 bits per heavy atom. The van der Waals surface area contributed by atoms with Gasteiger partial charge in [-0.2, -0.15) is 0 Å². The number of carbonyl (C=O) groups excluding carboxylic acids is 2. The van der Waals surface area contributed by atoms with Crippen LogP contribution in [-0.2, 0) is 16.1 Å². The molecule has 1 atom stereocenters. The van der Waals surface area contributed by atoms with E-state index in [1.54, 1.807) is 24.3 Å². The lowest BCUT2D eigenvalue weighted by molar-refractivity contribution is -0.140. The highest BCUT2D eigenvalue weighted by Gasteiger charge is 2.46. The lowest BCUT2D eigenvalue weighted by atomic mass is 9.95. The molecule has 2 aromatic carbocycles. The molecule has 0 bridgehead atoms. The number of hydrogen-bond donors (Lipinski definition) is 1. The maximum Gasteiger partial charge on any atom is 0.296 e. The number of furan rings is 1. The molecular formula is C28H29NO5. The van der Waals surface area contributed by atoms with E-state index in [0.29, 0.717) is 35.2 Å². The molecule has 2 heterocycles. The molecule has 1 aliphatic rings. The van der Waals surface area contributed by atoms with Crippen molar-refractivity contribution in [2.75, 3.05) is 6.61 Å². The van der Waals surface area contributed by atoms with Gasteiger partial charge in [0.25, 0.3) is 11.7 Å². The summed E-state index contributed by atoms with van der Waals surface area (Å²) in [7, 11) is 0. The summed E-state index contributed by atoms with van der Waals surface area (Å²) in [6.07, 6.45) is 2.44. The maximum atomic E-state index is 13.2. The van der Waals surface area contributed by atoms with Gasteiger partial charge in [-0.15, -0.1) is 0 Å². The molecular weight excluding hydrogens is 430 g/mol. The first-order chi connectivity index (χ1) is 16.3. The summed E-state index contributed by atoms with van der Waals surface area (Å²) in [5.74, 6) is 0.111. The van der Waals surface area contributed by atoms with Crippen LogP contribution in [0.4, 0.5) is 0 Å². The molecule has 0 spiro atoms. The zero-order valence-electron chi connectivity index (χ0n) is 19.7. The van der Waals surface area contributed by atoms with E-state index >= 15 is 0 Å². The van der Waals surface area contributed by atoms with Crippen LogP contribution in [0.5, 0.6) is 5.75 Å². The van der Waals surface area contributed by atoms with Crippen LogP contribution in [0, 0.1) is 12.8 Å². The number of carbonyl (C=O) groups is 2. The number of amides is 1. The fraction of sp³-hybridized carbons (Fsp3) is 0.286. The van der Waals surface area contributed by atoms with E-state index in [9.17, 15) is 14.7 Å². The molecule has 0 aliphatic carbocycles. The number of nitrogens with zero attached hydrogens (tertiary/aromatic N) is 1. The van der Waals surface area contributed by atoms with Gasteiger partial charge in [0, 0.05) is 5.56 Å². The molecule has 6 heteroatoms. The standard InChI is InChI=1S/C28H29NO5/c1-18(2)13-15-34-22-7-4-6-21(16-22)25-24(26(30)20-11-9-19(3)10-12-20)27(31)28(32)29(25)17-23-8-5-14-33-23/h4-12,14,16,18,25,30H,13,15,17H2,1-3H3/b26-24+. The predicted octanol–water partition coefficient (Wildman–Crippen LogP) is 5.63. The molecule has 1 aliphatic heterocycles. The minimum absolute atomic E-state index is 0.0553. The van der Waals surface area contributed by atoms with Gasteiger partial charge >= 0.3 is 0 Å². The first-order valence-electron chi connectivity index (χ1n) is 11.5. The van der Waals surface area contributed by atoms with Crippen LogP contribution in [0.2, 0.25) is 0 Å². The van der Waals surface area contributed by atoms with Crippen molar-refractivity contribution in [3.05, 3.63) is 95.0 Å². The second-order valence-corrected chi connectivity index (χ2v) is 8.98. The third kappa shape index (κ3) is 4.91. The molecule has 1 N–H and O–H groups in total. The molecule has 1 saturated heterocycles. The van der Waals surface area contributed by atoms with Gasteiger partial charge in [0.15, 0.2) is 0 Å². The number of aliphatic hydroxyl groups excluding tert-OH is 1. The van der Waals surface area contributed by atoms with Crippen LogP contribution in [0.3, 0.4) is 0 Å². The van der Waals surface area contributed by atoms with E-state index < -0.39 is 17.7 Å². The number of Topliss-reactive ketones (excluding diaryl/α,β-unsaturated/α-hetero) is 1. The molecule has 4 rings (SSSR count). The monoisotopic (exact) mass is 459 g/mol. The molecule has 6 nitrogen and oxygen atoms in total. The molecule has 1 amide bonds. The zero-order valence-corrected chi connectivity index (χ0v) is 19.7. The van der Waals surface area contributed by atoms with Crippen molar-refractivity contribution in [3.63, 3.8) is 0 Å². The van der Waals surface area contributed by atoms with E-state index in [1.807, 2.05) is 43.3 Å². The summed E-state index contributed by atoms with van der Waals surface area (Å²) in [5.41, 5.74) is 2.25. The zero-order chi connectivity index (χ0) is 24.2. The number of ether oxygens (including phenoxy) is 1. The smallest absolute Gasteiger partial charge is 0.296 e.